The van der Waals surface area contributed by atoms with Crippen LogP contribution in [0, 0.1) is 0 Å². The predicted octanol–water partition coefficient (Wildman–Crippen LogP) is 3.87. The lowest BCUT2D eigenvalue weighted by atomic mass is 10.2. The van der Waals surface area contributed by atoms with Crippen molar-refractivity contribution in [2.24, 2.45) is 4.99 Å². The molecule has 5 heteroatoms. The van der Waals surface area contributed by atoms with Crippen LogP contribution in [0.25, 0.3) is 0 Å². The number of allylic oxidation sites excluding steroid dienone is 1. The summed E-state index contributed by atoms with van der Waals surface area (Å²) in [6.07, 6.45) is 1.34. The number of amides is 1. The number of rotatable bonds is 5. The van der Waals surface area contributed by atoms with E-state index in [0.29, 0.717) is 11.4 Å². The Bertz CT molecular complexity index is 716. The molecule has 1 amide bonds. The average molecular weight is 310 g/mol. The van der Waals surface area contributed by atoms with E-state index in [1.165, 1.54) is 13.1 Å². The van der Waals surface area contributed by atoms with Gasteiger partial charge in [0, 0.05) is 11.9 Å². The van der Waals surface area contributed by atoms with Crippen molar-refractivity contribution in [2.45, 2.75) is 6.92 Å². The number of nitrogens with one attached hydrogen (secondary N) is 1. The summed E-state index contributed by atoms with van der Waals surface area (Å²) in [5, 5.41) is 12.4. The monoisotopic (exact) mass is 310 g/mol. The molecule has 0 saturated heterocycles. The molecule has 5 nitrogen and oxygen atoms in total. The maximum atomic E-state index is 12.2. The van der Waals surface area contributed by atoms with Gasteiger partial charge in [0.05, 0.1) is 18.4 Å². The zero-order valence-electron chi connectivity index (χ0n) is 13.0. The lowest BCUT2D eigenvalue weighted by Gasteiger charge is -2.06. The first-order chi connectivity index (χ1) is 11.1. The van der Waals surface area contributed by atoms with E-state index in [9.17, 15) is 9.90 Å². The van der Waals surface area contributed by atoms with Gasteiger partial charge in [-0.1, -0.05) is 18.2 Å². The van der Waals surface area contributed by atoms with Gasteiger partial charge in [-0.15, -0.1) is 0 Å². The van der Waals surface area contributed by atoms with E-state index in [0.717, 1.165) is 5.75 Å². The van der Waals surface area contributed by atoms with Crippen LogP contribution in [0.3, 0.4) is 0 Å². The van der Waals surface area contributed by atoms with Crippen molar-refractivity contribution < 1.29 is 14.6 Å². The topological polar surface area (TPSA) is 70.9 Å². The van der Waals surface area contributed by atoms with E-state index in [1.54, 1.807) is 43.5 Å². The van der Waals surface area contributed by atoms with Crippen molar-refractivity contribution in [1.29, 1.82) is 0 Å². The zero-order chi connectivity index (χ0) is 16.7. The molecular weight excluding hydrogens is 292 g/mol. The first-order valence-electron chi connectivity index (χ1n) is 7.04. The third-order valence-corrected chi connectivity index (χ3v) is 3.08. The molecule has 0 unspecified atom stereocenters. The lowest BCUT2D eigenvalue weighted by molar-refractivity contribution is -0.112. The fourth-order valence-corrected chi connectivity index (χ4v) is 1.84. The molecule has 2 rings (SSSR count). The number of benzene rings is 2. The number of carbonyl (C=O) groups excluding carboxylic acids is 1. The molecule has 0 spiro atoms. The highest BCUT2D eigenvalue weighted by Crippen LogP contribution is 2.18. The molecule has 0 fully saturated rings. The van der Waals surface area contributed by atoms with E-state index < -0.39 is 5.91 Å². The fraction of sp³-hybridized carbons (Fsp3) is 0.111. The summed E-state index contributed by atoms with van der Waals surface area (Å²) in [7, 11) is 1.59. The van der Waals surface area contributed by atoms with Crippen molar-refractivity contribution in [1.82, 2.24) is 0 Å². The van der Waals surface area contributed by atoms with Crippen molar-refractivity contribution >= 4 is 23.5 Å². The number of nitrogens with zero attached hydrogens (tertiary/aromatic N) is 1. The smallest absolute Gasteiger partial charge is 0.260 e. The highest BCUT2D eigenvalue weighted by atomic mass is 16.5. The summed E-state index contributed by atoms with van der Waals surface area (Å²) in [5.74, 6) is 0.198. The maximum absolute atomic E-state index is 12.2. The summed E-state index contributed by atoms with van der Waals surface area (Å²) < 4.78 is 5.07. The lowest BCUT2D eigenvalue weighted by Crippen LogP contribution is -2.16. The molecule has 0 aromatic heterocycles. The number of aliphatic hydroxyl groups is 1. The normalized spacial score (nSPS) is 11.9. The Hall–Kier alpha value is -3.08. The molecule has 0 aliphatic heterocycles. The summed E-state index contributed by atoms with van der Waals surface area (Å²) in [5.41, 5.74) is 1.40. The molecule has 23 heavy (non-hydrogen) atoms. The van der Waals surface area contributed by atoms with E-state index in [1.807, 2.05) is 18.2 Å². The SMILES string of the molecule is COc1ccc(N=C/C(C(=O)Nc2ccccc2)=C(\C)O)cc1. The van der Waals surface area contributed by atoms with Crippen LogP contribution in [0.4, 0.5) is 11.4 Å². The Kier molecular flexibility index (Phi) is 5.52. The molecule has 0 aliphatic carbocycles. The number of para-hydroxylation sites is 1. The summed E-state index contributed by atoms with van der Waals surface area (Å²) >= 11 is 0. The molecule has 0 atom stereocenters. The maximum Gasteiger partial charge on any atom is 0.260 e. The second kappa shape index (κ2) is 7.79. The van der Waals surface area contributed by atoms with Gasteiger partial charge in [0.2, 0.25) is 0 Å². The van der Waals surface area contributed by atoms with Crippen LogP contribution in [0.5, 0.6) is 5.75 Å². The summed E-state index contributed by atoms with van der Waals surface area (Å²) in [6.45, 7) is 1.44. The van der Waals surface area contributed by atoms with Gasteiger partial charge in [0.25, 0.3) is 5.91 Å². The quantitative estimate of drug-likeness (QED) is 0.500. The van der Waals surface area contributed by atoms with Crippen LogP contribution in [0.2, 0.25) is 0 Å². The molecule has 0 bridgehead atoms. The van der Waals surface area contributed by atoms with E-state index in [2.05, 4.69) is 10.3 Å². The Morgan fingerprint density at radius 3 is 2.35 bits per heavy atom. The summed E-state index contributed by atoms with van der Waals surface area (Å²) in [4.78, 5) is 16.4. The number of hydrogen-bond donors (Lipinski definition) is 2. The summed E-state index contributed by atoms with van der Waals surface area (Å²) in [6, 6.07) is 16.1. The zero-order valence-corrected chi connectivity index (χ0v) is 13.0. The van der Waals surface area contributed by atoms with Crippen LogP contribution >= 0.6 is 0 Å². The average Bonchev–Trinajstić information content (AvgIpc) is 2.56. The Morgan fingerprint density at radius 2 is 1.78 bits per heavy atom. The highest BCUT2D eigenvalue weighted by Gasteiger charge is 2.11. The van der Waals surface area contributed by atoms with Gasteiger partial charge in [-0.2, -0.15) is 0 Å². The number of aliphatic hydroxyl groups excluding tert-OH is 1. The van der Waals surface area contributed by atoms with Crippen LogP contribution in [0.15, 0.2) is 70.9 Å². The Labute approximate surface area is 135 Å². The Morgan fingerprint density at radius 1 is 1.13 bits per heavy atom. The predicted molar refractivity (Wildman–Crippen MR) is 91.5 cm³/mol. The third kappa shape index (κ3) is 4.71. The van der Waals surface area contributed by atoms with Crippen LogP contribution in [-0.4, -0.2) is 24.3 Å². The first-order valence-corrected chi connectivity index (χ1v) is 7.04. The molecule has 0 radical (unpaired) electrons. The second-order valence-corrected chi connectivity index (χ2v) is 4.78. The van der Waals surface area contributed by atoms with Gasteiger partial charge < -0.3 is 15.2 Å². The van der Waals surface area contributed by atoms with Crippen molar-refractivity contribution in [3.05, 3.63) is 65.9 Å². The van der Waals surface area contributed by atoms with Gasteiger partial charge >= 0.3 is 0 Å². The largest absolute Gasteiger partial charge is 0.512 e. The third-order valence-electron chi connectivity index (χ3n) is 3.08. The van der Waals surface area contributed by atoms with Crippen LogP contribution in [-0.2, 0) is 4.79 Å². The van der Waals surface area contributed by atoms with Gasteiger partial charge in [-0.3, -0.25) is 9.79 Å². The van der Waals surface area contributed by atoms with Crippen molar-refractivity contribution in [3.8, 4) is 5.75 Å². The Balaban J connectivity index is 2.13. The minimum Gasteiger partial charge on any atom is -0.512 e. The minimum atomic E-state index is -0.423. The number of ether oxygens (including phenoxy) is 1. The molecule has 0 saturated carbocycles. The fourth-order valence-electron chi connectivity index (χ4n) is 1.84. The standard InChI is InChI=1S/C18H18N2O3/c1-13(21)17(18(22)20-15-6-4-3-5-7-15)12-19-14-8-10-16(23-2)11-9-14/h3-12,21H,1-2H3,(H,20,22)/b17-13-,19-12?. The van der Waals surface area contributed by atoms with Gasteiger partial charge in [-0.25, -0.2) is 0 Å². The second-order valence-electron chi connectivity index (χ2n) is 4.78. The number of methoxy groups -OCH3 is 1. The minimum absolute atomic E-state index is 0.101. The molecule has 0 heterocycles. The number of aliphatic imine (C=N–C) groups is 1. The van der Waals surface area contributed by atoms with Crippen LogP contribution in [0.1, 0.15) is 6.92 Å². The highest BCUT2D eigenvalue weighted by molar-refractivity contribution is 6.18. The molecule has 2 aromatic carbocycles. The molecule has 0 aliphatic rings. The van der Waals surface area contributed by atoms with E-state index in [-0.39, 0.29) is 11.3 Å². The number of anilines is 1. The van der Waals surface area contributed by atoms with Gasteiger partial charge in [0.1, 0.15) is 11.5 Å². The van der Waals surface area contributed by atoms with Crippen LogP contribution < -0.4 is 10.1 Å². The van der Waals surface area contributed by atoms with E-state index in [4.69, 9.17) is 4.74 Å². The molecule has 2 N–H and O–H groups in total. The molecule has 118 valence electrons. The molecular formula is C18H18N2O3. The number of carbonyl (C=O) groups is 1. The first kappa shape index (κ1) is 16.3. The van der Waals surface area contributed by atoms with Crippen molar-refractivity contribution in [3.63, 3.8) is 0 Å². The van der Waals surface area contributed by atoms with Gasteiger partial charge in [0.15, 0.2) is 0 Å². The van der Waals surface area contributed by atoms with Crippen molar-refractivity contribution in [2.75, 3.05) is 12.4 Å². The molecule has 2 aromatic rings. The van der Waals surface area contributed by atoms with Gasteiger partial charge in [-0.05, 0) is 43.3 Å². The van der Waals surface area contributed by atoms with E-state index >= 15 is 0 Å². The number of hydrogen-bond acceptors (Lipinski definition) is 4.